The van der Waals surface area contributed by atoms with Gasteiger partial charge in [0.05, 0.1) is 22.4 Å². The second-order valence-corrected chi connectivity index (χ2v) is 15.3. The van der Waals surface area contributed by atoms with Crippen LogP contribution in [0.25, 0.3) is 38.8 Å². The van der Waals surface area contributed by atoms with Crippen LogP contribution in [0.1, 0.15) is 48.6 Å². The molecule has 3 aromatic heterocycles. The number of nitrogens with one attached hydrogen (secondary N) is 2. The fourth-order valence-electron chi connectivity index (χ4n) is 7.70. The van der Waals surface area contributed by atoms with Gasteiger partial charge in [-0.2, -0.15) is 0 Å². The number of aromatic nitrogens is 3. The largest absolute Gasteiger partial charge is 0.354 e. The highest BCUT2D eigenvalue weighted by atomic mass is 15.1. The summed E-state index contributed by atoms with van der Waals surface area (Å²) in [5.41, 5.74) is 14.1. The molecule has 5 heteroatoms. The molecule has 0 spiro atoms. The van der Waals surface area contributed by atoms with Crippen LogP contribution in [0, 0.1) is 0 Å². The molecule has 9 aromatic rings. The van der Waals surface area contributed by atoms with Crippen LogP contribution >= 0.6 is 0 Å². The van der Waals surface area contributed by atoms with Crippen LogP contribution in [0.15, 0.2) is 195 Å². The second-order valence-electron chi connectivity index (χ2n) is 15.3. The standard InChI is InChI=1S/C52H43N5/c1-52(2,3)40-27-32-54-49(35-40)57-47-24-13-10-21-43(47)44-26-25-39(34-48(44)57)51(50(36-15-6-4-7-16-36)37-17-8-5-9-18-37)38-19-14-20-42(33-38)56-46-23-12-11-22-45(46)55-41-28-30-53-31-29-41/h4-35,56H,1-3H3,(H,53,55). The molecule has 0 amide bonds. The number of rotatable bonds is 9. The third kappa shape index (κ3) is 7.19. The zero-order valence-electron chi connectivity index (χ0n) is 32.3. The molecule has 0 radical (unpaired) electrons. The molecule has 0 atom stereocenters. The number of hydrogen-bond donors (Lipinski definition) is 2. The molecule has 0 saturated carbocycles. The van der Waals surface area contributed by atoms with Gasteiger partial charge < -0.3 is 10.6 Å². The summed E-state index contributed by atoms with van der Waals surface area (Å²) in [5.74, 6) is 0.910. The molecule has 0 fully saturated rings. The minimum Gasteiger partial charge on any atom is -0.354 e. The van der Waals surface area contributed by atoms with E-state index >= 15 is 0 Å². The maximum Gasteiger partial charge on any atom is 0.137 e. The van der Waals surface area contributed by atoms with Crippen LogP contribution < -0.4 is 10.6 Å². The first-order chi connectivity index (χ1) is 27.9. The molecule has 0 aliphatic carbocycles. The molecule has 6 aromatic carbocycles. The summed E-state index contributed by atoms with van der Waals surface area (Å²) in [4.78, 5) is 9.16. The van der Waals surface area contributed by atoms with E-state index in [-0.39, 0.29) is 5.41 Å². The molecule has 5 nitrogen and oxygen atoms in total. The van der Waals surface area contributed by atoms with Crippen LogP contribution in [0.2, 0.25) is 0 Å². The first kappa shape index (κ1) is 35.5. The summed E-state index contributed by atoms with van der Waals surface area (Å²) in [7, 11) is 0. The normalized spacial score (nSPS) is 11.4. The molecule has 0 aliphatic heterocycles. The third-order valence-corrected chi connectivity index (χ3v) is 10.5. The van der Waals surface area contributed by atoms with Crippen molar-refractivity contribution in [1.29, 1.82) is 0 Å². The summed E-state index contributed by atoms with van der Waals surface area (Å²) in [5, 5.41) is 9.68. The van der Waals surface area contributed by atoms with Crippen molar-refractivity contribution >= 4 is 55.7 Å². The van der Waals surface area contributed by atoms with Gasteiger partial charge in [0.2, 0.25) is 0 Å². The van der Waals surface area contributed by atoms with Crippen LogP contribution in [-0.2, 0) is 5.41 Å². The third-order valence-electron chi connectivity index (χ3n) is 10.5. The van der Waals surface area contributed by atoms with E-state index in [0.717, 1.165) is 73.0 Å². The SMILES string of the molecule is CC(C)(C)c1ccnc(-n2c3ccccc3c3ccc(C(=C(c4ccccc4)c4ccccc4)c4cccc(Nc5ccccc5Nc5ccncc5)c4)cc32)c1. The average molecular weight is 738 g/mol. The Morgan fingerprint density at radius 2 is 1.04 bits per heavy atom. The van der Waals surface area contributed by atoms with Gasteiger partial charge in [-0.15, -0.1) is 0 Å². The number of pyridine rings is 2. The van der Waals surface area contributed by atoms with Gasteiger partial charge >= 0.3 is 0 Å². The summed E-state index contributed by atoms with van der Waals surface area (Å²) in [6.45, 7) is 6.75. The van der Waals surface area contributed by atoms with Gasteiger partial charge in [-0.1, -0.05) is 136 Å². The Morgan fingerprint density at radius 3 is 1.74 bits per heavy atom. The highest BCUT2D eigenvalue weighted by Gasteiger charge is 2.21. The van der Waals surface area contributed by atoms with Crippen LogP contribution in [0.4, 0.5) is 22.7 Å². The van der Waals surface area contributed by atoms with E-state index in [4.69, 9.17) is 4.98 Å². The molecule has 276 valence electrons. The van der Waals surface area contributed by atoms with Gasteiger partial charge in [-0.05, 0) is 105 Å². The van der Waals surface area contributed by atoms with Gasteiger partial charge in [-0.25, -0.2) is 4.98 Å². The van der Waals surface area contributed by atoms with Gasteiger partial charge in [0, 0.05) is 40.7 Å². The van der Waals surface area contributed by atoms with Crippen LogP contribution in [0.5, 0.6) is 0 Å². The zero-order chi connectivity index (χ0) is 38.8. The van der Waals surface area contributed by atoms with E-state index in [0.29, 0.717) is 0 Å². The first-order valence-corrected chi connectivity index (χ1v) is 19.4. The zero-order valence-corrected chi connectivity index (χ0v) is 32.3. The van der Waals surface area contributed by atoms with Crippen molar-refractivity contribution in [3.05, 3.63) is 222 Å². The number of benzene rings is 6. The molecule has 0 aliphatic rings. The van der Waals surface area contributed by atoms with E-state index < -0.39 is 0 Å². The molecule has 2 N–H and O–H groups in total. The monoisotopic (exact) mass is 737 g/mol. The van der Waals surface area contributed by atoms with E-state index in [2.05, 4.69) is 199 Å². The molecule has 0 unspecified atom stereocenters. The quantitative estimate of drug-likeness (QED) is 0.145. The molecule has 3 heterocycles. The Bertz CT molecular complexity index is 2830. The lowest BCUT2D eigenvalue weighted by atomic mass is 9.85. The lowest BCUT2D eigenvalue weighted by Crippen LogP contribution is -2.12. The maximum atomic E-state index is 4.98. The smallest absolute Gasteiger partial charge is 0.137 e. The molecule has 57 heavy (non-hydrogen) atoms. The maximum absolute atomic E-state index is 4.98. The number of para-hydroxylation sites is 3. The van der Waals surface area contributed by atoms with Crippen molar-refractivity contribution in [3.8, 4) is 5.82 Å². The Hall–Kier alpha value is -7.24. The number of fused-ring (bicyclic) bond motifs is 3. The van der Waals surface area contributed by atoms with Crippen molar-refractivity contribution in [2.24, 2.45) is 0 Å². The summed E-state index contributed by atoms with van der Waals surface area (Å²) < 4.78 is 2.33. The predicted octanol–water partition coefficient (Wildman–Crippen LogP) is 13.4. The Labute approximate surface area is 334 Å². The summed E-state index contributed by atoms with van der Waals surface area (Å²) >= 11 is 0. The molecule has 0 saturated heterocycles. The van der Waals surface area contributed by atoms with E-state index in [1.54, 1.807) is 12.4 Å². The minimum atomic E-state index is -0.0214. The summed E-state index contributed by atoms with van der Waals surface area (Å²) in [6.07, 6.45) is 5.53. The van der Waals surface area contributed by atoms with Gasteiger partial charge in [0.25, 0.3) is 0 Å². The molecule has 9 rings (SSSR count). The minimum absolute atomic E-state index is 0.0214. The van der Waals surface area contributed by atoms with Gasteiger partial charge in [-0.3, -0.25) is 9.55 Å². The molecular formula is C52H43N5. The van der Waals surface area contributed by atoms with Crippen molar-refractivity contribution in [3.63, 3.8) is 0 Å². The van der Waals surface area contributed by atoms with E-state index in [9.17, 15) is 0 Å². The Morgan fingerprint density at radius 1 is 0.456 bits per heavy atom. The van der Waals surface area contributed by atoms with Crippen LogP contribution in [0.3, 0.4) is 0 Å². The van der Waals surface area contributed by atoms with Crippen molar-refractivity contribution in [1.82, 2.24) is 14.5 Å². The van der Waals surface area contributed by atoms with Crippen molar-refractivity contribution < 1.29 is 0 Å². The topological polar surface area (TPSA) is 54.8 Å². The van der Waals surface area contributed by atoms with Crippen LogP contribution in [-0.4, -0.2) is 14.5 Å². The molecule has 0 bridgehead atoms. The lowest BCUT2D eigenvalue weighted by molar-refractivity contribution is 0.588. The van der Waals surface area contributed by atoms with Crippen molar-refractivity contribution in [2.45, 2.75) is 26.2 Å². The number of nitrogens with zero attached hydrogens (tertiary/aromatic N) is 3. The van der Waals surface area contributed by atoms with Crippen molar-refractivity contribution in [2.75, 3.05) is 10.6 Å². The highest BCUT2D eigenvalue weighted by Crippen LogP contribution is 2.41. The average Bonchev–Trinajstić information content (AvgIpc) is 3.58. The Kier molecular flexibility index (Phi) is 9.41. The second kappa shape index (κ2) is 15.1. The van der Waals surface area contributed by atoms with Gasteiger partial charge in [0.15, 0.2) is 0 Å². The molecular weight excluding hydrogens is 695 g/mol. The van der Waals surface area contributed by atoms with E-state index in [1.807, 2.05) is 24.4 Å². The van der Waals surface area contributed by atoms with Gasteiger partial charge in [0.1, 0.15) is 5.82 Å². The fourth-order valence-corrected chi connectivity index (χ4v) is 7.70. The Balaban J connectivity index is 1.27. The van der Waals surface area contributed by atoms with E-state index in [1.165, 1.54) is 16.3 Å². The first-order valence-electron chi connectivity index (χ1n) is 19.4. The predicted molar refractivity (Wildman–Crippen MR) is 239 cm³/mol. The number of anilines is 4. The highest BCUT2D eigenvalue weighted by molar-refractivity contribution is 6.12. The fraction of sp³-hybridized carbons (Fsp3) is 0.0769. The number of hydrogen-bond acceptors (Lipinski definition) is 4. The summed E-state index contributed by atoms with van der Waals surface area (Å²) in [6, 6.07) is 62.4. The lowest BCUT2D eigenvalue weighted by Gasteiger charge is -2.21.